The smallest absolute Gasteiger partial charge is 0.265 e. The molecule has 1 aliphatic rings. The molecule has 0 bridgehead atoms. The summed E-state index contributed by atoms with van der Waals surface area (Å²) in [5, 5.41) is 4.29. The second-order valence-corrected chi connectivity index (χ2v) is 10.5. The summed E-state index contributed by atoms with van der Waals surface area (Å²) in [6.07, 6.45) is 0. The van der Waals surface area contributed by atoms with E-state index in [0.29, 0.717) is 23.7 Å². The number of amides is 3. The van der Waals surface area contributed by atoms with Crippen molar-refractivity contribution >= 4 is 44.1 Å². The SMILES string of the molecule is CCOc1cc([C@@H](CS(=O)(=O)N(C)C)N2C(=O)c3csc(NC(C)=O)c3C2=O)ccc1OC. The zero-order valence-electron chi connectivity index (χ0n) is 18.9. The summed E-state index contributed by atoms with van der Waals surface area (Å²) in [6.45, 7) is 3.41. The molecule has 0 saturated carbocycles. The maximum absolute atomic E-state index is 13.4. The summed E-state index contributed by atoms with van der Waals surface area (Å²) in [5.74, 6) is -1.43. The molecule has 3 rings (SSSR count). The molecule has 10 nitrogen and oxygen atoms in total. The first kappa shape index (κ1) is 24.7. The Morgan fingerprint density at radius 3 is 2.48 bits per heavy atom. The molecule has 0 aliphatic carbocycles. The van der Waals surface area contributed by atoms with E-state index in [0.717, 1.165) is 20.5 Å². The molecule has 12 heteroatoms. The van der Waals surface area contributed by atoms with E-state index in [1.54, 1.807) is 25.1 Å². The Balaban J connectivity index is 2.12. The minimum absolute atomic E-state index is 0.0611. The number of carbonyl (C=O) groups excluding carboxylic acids is 3. The number of ether oxygens (including phenoxy) is 2. The molecule has 2 aromatic rings. The van der Waals surface area contributed by atoms with Gasteiger partial charge in [0.25, 0.3) is 11.8 Å². The van der Waals surface area contributed by atoms with Gasteiger partial charge in [0.2, 0.25) is 15.9 Å². The number of thiophene rings is 1. The Bertz CT molecular complexity index is 1200. The molecule has 0 saturated heterocycles. The number of nitrogens with one attached hydrogen (secondary N) is 1. The molecule has 1 N–H and O–H groups in total. The number of sulfonamides is 1. The highest BCUT2D eigenvalue weighted by Crippen LogP contribution is 2.41. The lowest BCUT2D eigenvalue weighted by atomic mass is 10.1. The molecule has 33 heavy (non-hydrogen) atoms. The van der Waals surface area contributed by atoms with Gasteiger partial charge in [-0.15, -0.1) is 11.3 Å². The van der Waals surface area contributed by atoms with Crippen LogP contribution in [0.25, 0.3) is 0 Å². The lowest BCUT2D eigenvalue weighted by Crippen LogP contribution is -2.40. The fourth-order valence-corrected chi connectivity index (χ4v) is 5.45. The zero-order valence-corrected chi connectivity index (χ0v) is 20.5. The summed E-state index contributed by atoms with van der Waals surface area (Å²) in [4.78, 5) is 39.1. The van der Waals surface area contributed by atoms with E-state index in [4.69, 9.17) is 9.47 Å². The normalized spacial score (nSPS) is 14.4. The Labute approximate surface area is 196 Å². The molecular weight excluding hydrogens is 470 g/mol. The number of benzene rings is 1. The van der Waals surface area contributed by atoms with Gasteiger partial charge in [0.1, 0.15) is 5.00 Å². The molecule has 0 unspecified atom stereocenters. The van der Waals surface area contributed by atoms with Gasteiger partial charge in [0.15, 0.2) is 11.5 Å². The summed E-state index contributed by atoms with van der Waals surface area (Å²) >= 11 is 1.07. The van der Waals surface area contributed by atoms with Gasteiger partial charge in [0, 0.05) is 26.4 Å². The van der Waals surface area contributed by atoms with E-state index in [-0.39, 0.29) is 22.0 Å². The van der Waals surface area contributed by atoms with Crippen LogP contribution in [0.1, 0.15) is 46.2 Å². The average molecular weight is 496 g/mol. The number of rotatable bonds is 9. The van der Waals surface area contributed by atoms with E-state index < -0.39 is 33.6 Å². The van der Waals surface area contributed by atoms with Gasteiger partial charge in [-0.2, -0.15) is 0 Å². The summed E-state index contributed by atoms with van der Waals surface area (Å²) < 4.78 is 37.5. The van der Waals surface area contributed by atoms with Crippen molar-refractivity contribution in [1.29, 1.82) is 0 Å². The number of imide groups is 1. The fourth-order valence-electron chi connectivity index (χ4n) is 3.44. The average Bonchev–Trinajstić information content (AvgIpc) is 3.25. The molecule has 1 atom stereocenters. The minimum atomic E-state index is -3.82. The molecule has 0 radical (unpaired) electrons. The van der Waals surface area contributed by atoms with Crippen molar-refractivity contribution in [3.8, 4) is 11.5 Å². The first-order chi connectivity index (χ1) is 15.5. The maximum atomic E-state index is 13.4. The van der Waals surface area contributed by atoms with Gasteiger partial charge in [0.05, 0.1) is 36.6 Å². The maximum Gasteiger partial charge on any atom is 0.265 e. The van der Waals surface area contributed by atoms with Crippen molar-refractivity contribution in [3.05, 3.63) is 40.3 Å². The van der Waals surface area contributed by atoms with Crippen LogP contribution in [-0.4, -0.2) is 68.9 Å². The van der Waals surface area contributed by atoms with Crippen molar-refractivity contribution in [2.24, 2.45) is 0 Å². The topological polar surface area (TPSA) is 122 Å². The highest BCUT2D eigenvalue weighted by atomic mass is 32.2. The lowest BCUT2D eigenvalue weighted by Gasteiger charge is -2.28. The van der Waals surface area contributed by atoms with Gasteiger partial charge in [-0.05, 0) is 24.6 Å². The predicted molar refractivity (Wildman–Crippen MR) is 124 cm³/mol. The summed E-state index contributed by atoms with van der Waals surface area (Å²) in [7, 11) is 0.410. The Kier molecular flexibility index (Phi) is 7.10. The monoisotopic (exact) mass is 495 g/mol. The second-order valence-electron chi connectivity index (χ2n) is 7.44. The number of methoxy groups -OCH3 is 1. The van der Waals surface area contributed by atoms with Crippen molar-refractivity contribution in [3.63, 3.8) is 0 Å². The molecular formula is C21H25N3O7S2. The Morgan fingerprint density at radius 2 is 1.91 bits per heavy atom. The number of hydrogen-bond donors (Lipinski definition) is 1. The largest absolute Gasteiger partial charge is 0.493 e. The predicted octanol–water partition coefficient (Wildman–Crippen LogP) is 2.34. The molecule has 0 fully saturated rings. The van der Waals surface area contributed by atoms with Crippen molar-refractivity contribution < 1.29 is 32.3 Å². The lowest BCUT2D eigenvalue weighted by molar-refractivity contribution is -0.114. The summed E-state index contributed by atoms with van der Waals surface area (Å²) in [5.41, 5.74) is 0.576. The summed E-state index contributed by atoms with van der Waals surface area (Å²) in [6, 6.07) is 3.63. The number of nitrogens with zero attached hydrogens (tertiary/aromatic N) is 2. The third kappa shape index (κ3) is 4.72. The second kappa shape index (κ2) is 9.49. The van der Waals surface area contributed by atoms with Crippen LogP contribution in [0.15, 0.2) is 23.6 Å². The molecule has 1 aliphatic heterocycles. The van der Waals surface area contributed by atoms with Crippen molar-refractivity contribution in [1.82, 2.24) is 9.21 Å². The first-order valence-corrected chi connectivity index (χ1v) is 12.5. The zero-order chi connectivity index (χ0) is 24.5. The minimum Gasteiger partial charge on any atom is -0.493 e. The van der Waals surface area contributed by atoms with Gasteiger partial charge < -0.3 is 14.8 Å². The third-order valence-electron chi connectivity index (χ3n) is 5.07. The molecule has 0 spiro atoms. The molecule has 178 valence electrons. The van der Waals surface area contributed by atoms with Crippen LogP contribution >= 0.6 is 11.3 Å². The van der Waals surface area contributed by atoms with E-state index in [1.165, 1.54) is 33.5 Å². The van der Waals surface area contributed by atoms with Gasteiger partial charge in [-0.1, -0.05) is 6.07 Å². The van der Waals surface area contributed by atoms with Gasteiger partial charge in [-0.3, -0.25) is 19.3 Å². The molecule has 1 aromatic carbocycles. The first-order valence-electron chi connectivity index (χ1n) is 9.99. The number of carbonyl (C=O) groups is 3. The third-order valence-corrected chi connectivity index (χ3v) is 7.82. The van der Waals surface area contributed by atoms with E-state index in [9.17, 15) is 22.8 Å². The quantitative estimate of drug-likeness (QED) is 0.530. The van der Waals surface area contributed by atoms with Gasteiger partial charge in [-0.25, -0.2) is 12.7 Å². The van der Waals surface area contributed by atoms with Crippen molar-refractivity contribution in [2.45, 2.75) is 19.9 Å². The van der Waals surface area contributed by atoms with Crippen LogP contribution in [-0.2, 0) is 14.8 Å². The van der Waals surface area contributed by atoms with Crippen molar-refractivity contribution in [2.75, 3.05) is 38.9 Å². The van der Waals surface area contributed by atoms with Gasteiger partial charge >= 0.3 is 0 Å². The molecule has 1 aromatic heterocycles. The Morgan fingerprint density at radius 1 is 1.21 bits per heavy atom. The van der Waals surface area contributed by atoms with E-state index in [1.807, 2.05) is 0 Å². The number of hydrogen-bond acceptors (Lipinski definition) is 8. The van der Waals surface area contributed by atoms with Crippen LogP contribution in [0, 0.1) is 0 Å². The van der Waals surface area contributed by atoms with Crippen LogP contribution < -0.4 is 14.8 Å². The van der Waals surface area contributed by atoms with Crippen LogP contribution in [0.4, 0.5) is 5.00 Å². The van der Waals surface area contributed by atoms with E-state index in [2.05, 4.69) is 5.32 Å². The van der Waals surface area contributed by atoms with Crippen LogP contribution in [0.3, 0.4) is 0 Å². The van der Waals surface area contributed by atoms with Crippen LogP contribution in [0.5, 0.6) is 11.5 Å². The molecule has 3 amide bonds. The van der Waals surface area contributed by atoms with Crippen LogP contribution in [0.2, 0.25) is 0 Å². The number of anilines is 1. The van der Waals surface area contributed by atoms with E-state index >= 15 is 0 Å². The molecule has 2 heterocycles. The standard InChI is InChI=1S/C21H25N3O7S2/c1-6-31-17-9-13(7-8-16(17)30-5)15(11-33(28,29)23(3)4)24-20(26)14-10-32-19(22-12(2)25)18(14)21(24)27/h7-10,15H,6,11H2,1-5H3,(H,22,25)/t15-/m1/s1. The highest BCUT2D eigenvalue weighted by Gasteiger charge is 2.45. The number of fused-ring (bicyclic) bond motifs is 1. The Hall–Kier alpha value is -2.96. The highest BCUT2D eigenvalue weighted by molar-refractivity contribution is 7.89. The fraction of sp³-hybridized carbons (Fsp3) is 0.381.